The molecule has 1 aliphatic heterocycles. The Hall–Kier alpha value is -3.07. The Morgan fingerprint density at radius 3 is 2.73 bits per heavy atom. The molecule has 1 atom stereocenters. The lowest BCUT2D eigenvalue weighted by atomic mass is 10.1. The van der Waals surface area contributed by atoms with Gasteiger partial charge in [0, 0.05) is 36.9 Å². The third-order valence-electron chi connectivity index (χ3n) is 4.08. The second-order valence-electron chi connectivity index (χ2n) is 5.96. The third kappa shape index (κ3) is 4.31. The summed E-state index contributed by atoms with van der Waals surface area (Å²) in [5.41, 5.74) is 0.633. The molecule has 0 saturated carbocycles. The summed E-state index contributed by atoms with van der Waals surface area (Å²) in [6.07, 6.45) is 1.92. The number of carbonyl (C=O) groups is 1. The first-order valence-electron chi connectivity index (χ1n) is 8.24. The number of aromatic nitrogens is 2. The Bertz CT molecular complexity index is 856. The minimum atomic E-state index is -0.490. The van der Waals surface area contributed by atoms with E-state index in [0.717, 1.165) is 17.5 Å². The van der Waals surface area contributed by atoms with Gasteiger partial charge in [0.15, 0.2) is 0 Å². The van der Waals surface area contributed by atoms with Gasteiger partial charge in [0.05, 0.1) is 16.7 Å². The van der Waals surface area contributed by atoms with Gasteiger partial charge in [-0.05, 0) is 31.0 Å². The molecule has 0 aliphatic carbocycles. The molecule has 3 rings (SSSR count). The van der Waals surface area contributed by atoms with Crippen LogP contribution in [0.5, 0.6) is 0 Å². The van der Waals surface area contributed by atoms with Crippen LogP contribution in [0.3, 0.4) is 0 Å². The summed E-state index contributed by atoms with van der Waals surface area (Å²) in [7, 11) is 0. The molecule has 136 valence electrons. The highest BCUT2D eigenvalue weighted by molar-refractivity contribution is 5.75. The number of nitro benzene ring substituents is 1. The SMILES string of the molecule is O=C(Cn1nc(-c2ccc([N+](=O)[O-])cc2)ccc1=O)NC[C@@H]1CCCO1. The summed E-state index contributed by atoms with van der Waals surface area (Å²) < 4.78 is 6.50. The molecule has 1 aromatic carbocycles. The summed E-state index contributed by atoms with van der Waals surface area (Å²) in [6.45, 7) is 0.917. The van der Waals surface area contributed by atoms with Gasteiger partial charge in [-0.2, -0.15) is 5.10 Å². The highest BCUT2D eigenvalue weighted by atomic mass is 16.6. The predicted molar refractivity (Wildman–Crippen MR) is 92.6 cm³/mol. The number of ether oxygens (including phenoxy) is 1. The van der Waals surface area contributed by atoms with Gasteiger partial charge < -0.3 is 10.1 Å². The molecular formula is C17H18N4O5. The minimum Gasteiger partial charge on any atom is -0.376 e. The zero-order valence-corrected chi connectivity index (χ0v) is 14.0. The van der Waals surface area contributed by atoms with Gasteiger partial charge in [0.2, 0.25) is 5.91 Å². The van der Waals surface area contributed by atoms with Crippen LogP contribution < -0.4 is 10.9 Å². The van der Waals surface area contributed by atoms with Gasteiger partial charge in [-0.15, -0.1) is 0 Å². The Kier molecular flexibility index (Phi) is 5.37. The van der Waals surface area contributed by atoms with Gasteiger partial charge in [-0.3, -0.25) is 19.7 Å². The van der Waals surface area contributed by atoms with Gasteiger partial charge in [-0.1, -0.05) is 0 Å². The van der Waals surface area contributed by atoms with E-state index in [1.165, 1.54) is 24.3 Å². The van der Waals surface area contributed by atoms with E-state index in [0.29, 0.717) is 24.4 Å². The van der Waals surface area contributed by atoms with Crippen molar-refractivity contribution in [3.05, 3.63) is 56.9 Å². The normalized spacial score (nSPS) is 16.4. The van der Waals surface area contributed by atoms with Crippen molar-refractivity contribution in [1.29, 1.82) is 0 Å². The number of carbonyl (C=O) groups excluding carboxylic acids is 1. The smallest absolute Gasteiger partial charge is 0.269 e. The molecule has 9 nitrogen and oxygen atoms in total. The van der Waals surface area contributed by atoms with Crippen molar-refractivity contribution >= 4 is 11.6 Å². The van der Waals surface area contributed by atoms with Crippen LogP contribution in [-0.4, -0.2) is 39.9 Å². The molecule has 1 amide bonds. The first kappa shape index (κ1) is 17.7. The van der Waals surface area contributed by atoms with Gasteiger partial charge in [0.25, 0.3) is 11.2 Å². The van der Waals surface area contributed by atoms with E-state index in [-0.39, 0.29) is 24.2 Å². The quantitative estimate of drug-likeness (QED) is 0.611. The van der Waals surface area contributed by atoms with Crippen LogP contribution in [0.2, 0.25) is 0 Å². The zero-order valence-electron chi connectivity index (χ0n) is 14.0. The van der Waals surface area contributed by atoms with Gasteiger partial charge >= 0.3 is 0 Å². The van der Waals surface area contributed by atoms with Gasteiger partial charge in [0.1, 0.15) is 6.54 Å². The van der Waals surface area contributed by atoms with E-state index in [9.17, 15) is 19.7 Å². The second kappa shape index (κ2) is 7.87. The number of hydrogen-bond donors (Lipinski definition) is 1. The van der Waals surface area contributed by atoms with E-state index in [1.807, 2.05) is 0 Å². The number of nitrogens with zero attached hydrogens (tertiary/aromatic N) is 3. The number of benzene rings is 1. The number of hydrogen-bond acceptors (Lipinski definition) is 6. The van der Waals surface area contributed by atoms with Crippen molar-refractivity contribution in [1.82, 2.24) is 15.1 Å². The second-order valence-corrected chi connectivity index (χ2v) is 5.96. The molecule has 0 spiro atoms. The Morgan fingerprint density at radius 2 is 2.08 bits per heavy atom. The fourth-order valence-corrected chi connectivity index (χ4v) is 2.69. The van der Waals surface area contributed by atoms with Crippen LogP contribution in [0, 0.1) is 10.1 Å². The van der Waals surface area contributed by atoms with Crippen LogP contribution >= 0.6 is 0 Å². The van der Waals surface area contributed by atoms with Crippen LogP contribution in [0.4, 0.5) is 5.69 Å². The molecule has 1 aromatic heterocycles. The maximum absolute atomic E-state index is 12.0. The van der Waals surface area contributed by atoms with Crippen molar-refractivity contribution in [2.24, 2.45) is 0 Å². The molecule has 26 heavy (non-hydrogen) atoms. The average molecular weight is 358 g/mol. The molecular weight excluding hydrogens is 340 g/mol. The molecule has 0 bridgehead atoms. The molecule has 1 fully saturated rings. The monoisotopic (exact) mass is 358 g/mol. The summed E-state index contributed by atoms with van der Waals surface area (Å²) in [4.78, 5) is 34.2. The van der Waals surface area contributed by atoms with Crippen molar-refractivity contribution in [3.63, 3.8) is 0 Å². The standard InChI is InChI=1S/C17H18N4O5/c22-16(18-10-14-2-1-9-26-14)11-20-17(23)8-7-15(19-20)12-3-5-13(6-4-12)21(24)25/h3-8,14H,1-2,9-11H2,(H,18,22)/t14-/m0/s1. The van der Waals surface area contributed by atoms with Crippen LogP contribution in [0.25, 0.3) is 11.3 Å². The van der Waals surface area contributed by atoms with E-state index in [4.69, 9.17) is 4.74 Å². The van der Waals surface area contributed by atoms with E-state index in [1.54, 1.807) is 12.1 Å². The first-order chi connectivity index (χ1) is 12.5. The Labute approximate surface area is 148 Å². The van der Waals surface area contributed by atoms with Crippen molar-refractivity contribution in [3.8, 4) is 11.3 Å². The molecule has 0 unspecified atom stereocenters. The molecule has 1 N–H and O–H groups in total. The minimum absolute atomic E-state index is 0.0232. The number of nitro groups is 1. The highest BCUT2D eigenvalue weighted by Gasteiger charge is 2.16. The molecule has 2 aromatic rings. The molecule has 0 radical (unpaired) electrons. The maximum Gasteiger partial charge on any atom is 0.269 e. The Balaban J connectivity index is 1.69. The number of amides is 1. The topological polar surface area (TPSA) is 116 Å². The number of nitrogens with one attached hydrogen (secondary N) is 1. The van der Waals surface area contributed by atoms with Crippen LogP contribution in [0.15, 0.2) is 41.2 Å². The average Bonchev–Trinajstić information content (AvgIpc) is 3.15. The van der Waals surface area contributed by atoms with Crippen molar-refractivity contribution in [2.45, 2.75) is 25.5 Å². The third-order valence-corrected chi connectivity index (χ3v) is 4.08. The molecule has 2 heterocycles. The first-order valence-corrected chi connectivity index (χ1v) is 8.24. The van der Waals surface area contributed by atoms with Crippen molar-refractivity contribution < 1.29 is 14.5 Å². The number of rotatable bonds is 6. The summed E-state index contributed by atoms with van der Waals surface area (Å²) >= 11 is 0. The number of non-ortho nitro benzene ring substituents is 1. The summed E-state index contributed by atoms with van der Waals surface area (Å²) in [6, 6.07) is 8.66. The summed E-state index contributed by atoms with van der Waals surface area (Å²) in [5, 5.41) is 17.6. The fourth-order valence-electron chi connectivity index (χ4n) is 2.69. The lowest BCUT2D eigenvalue weighted by Gasteiger charge is -2.11. The largest absolute Gasteiger partial charge is 0.376 e. The van der Waals surface area contributed by atoms with E-state index in [2.05, 4.69) is 10.4 Å². The fraction of sp³-hybridized carbons (Fsp3) is 0.353. The zero-order chi connectivity index (χ0) is 18.5. The molecule has 9 heteroatoms. The lowest BCUT2D eigenvalue weighted by Crippen LogP contribution is -2.37. The predicted octanol–water partition coefficient (Wildman–Crippen LogP) is 1.11. The highest BCUT2D eigenvalue weighted by Crippen LogP contribution is 2.19. The molecule has 1 aliphatic rings. The Morgan fingerprint density at radius 1 is 1.31 bits per heavy atom. The van der Waals surface area contributed by atoms with E-state index < -0.39 is 10.5 Å². The van der Waals surface area contributed by atoms with Crippen LogP contribution in [0.1, 0.15) is 12.8 Å². The van der Waals surface area contributed by atoms with Crippen molar-refractivity contribution in [2.75, 3.05) is 13.2 Å². The summed E-state index contributed by atoms with van der Waals surface area (Å²) in [5.74, 6) is -0.323. The maximum atomic E-state index is 12.0. The van der Waals surface area contributed by atoms with E-state index >= 15 is 0 Å². The van der Waals surface area contributed by atoms with Crippen LogP contribution in [-0.2, 0) is 16.1 Å². The lowest BCUT2D eigenvalue weighted by molar-refractivity contribution is -0.384. The van der Waals surface area contributed by atoms with Gasteiger partial charge in [-0.25, -0.2) is 4.68 Å². The molecule has 1 saturated heterocycles.